The molecule has 3 atom stereocenters. The van der Waals surface area contributed by atoms with Gasteiger partial charge in [-0.25, -0.2) is 4.79 Å². The average molecular weight is 318 g/mol. The fraction of sp³-hybridized carbons (Fsp3) is 0.667. The molecule has 0 aliphatic carbocycles. The van der Waals surface area contributed by atoms with Crippen LogP contribution in [0, 0.1) is 5.92 Å². The number of aliphatic hydroxyl groups excluding tert-OH is 1. The minimum atomic E-state index is -1.37. The van der Waals surface area contributed by atoms with Crippen LogP contribution in [0.3, 0.4) is 0 Å². The summed E-state index contributed by atoms with van der Waals surface area (Å²) >= 11 is 0. The summed E-state index contributed by atoms with van der Waals surface area (Å²) in [6.07, 6.45) is -0.528. The third-order valence-electron chi connectivity index (χ3n) is 2.80. The van der Waals surface area contributed by atoms with E-state index in [1.165, 1.54) is 0 Å². The molecule has 8 N–H and O–H groups in total. The Labute approximate surface area is 127 Å². The van der Waals surface area contributed by atoms with Gasteiger partial charge in [0.2, 0.25) is 17.7 Å². The predicted molar refractivity (Wildman–Crippen MR) is 75.2 cm³/mol. The molecule has 0 heterocycles. The number of carbonyl (C=O) groups excluding carboxylic acids is 3. The number of hydrogen-bond acceptors (Lipinski definition) is 6. The van der Waals surface area contributed by atoms with Crippen LogP contribution < -0.4 is 22.1 Å². The van der Waals surface area contributed by atoms with Crippen LogP contribution in [-0.2, 0) is 19.2 Å². The number of aliphatic hydroxyl groups is 1. The van der Waals surface area contributed by atoms with Crippen LogP contribution >= 0.6 is 0 Å². The topological polar surface area (TPSA) is 185 Å². The van der Waals surface area contributed by atoms with E-state index in [4.69, 9.17) is 21.7 Å². The molecule has 10 heteroatoms. The molecule has 0 fully saturated rings. The summed E-state index contributed by atoms with van der Waals surface area (Å²) in [5, 5.41) is 22.2. The van der Waals surface area contributed by atoms with Crippen molar-refractivity contribution >= 4 is 23.7 Å². The number of carboxylic acids is 1. The predicted octanol–water partition coefficient (Wildman–Crippen LogP) is -3.11. The molecular formula is C12H22N4O6. The van der Waals surface area contributed by atoms with Crippen molar-refractivity contribution in [3.63, 3.8) is 0 Å². The second kappa shape index (κ2) is 8.95. The molecular weight excluding hydrogens is 296 g/mol. The van der Waals surface area contributed by atoms with Crippen LogP contribution in [0.25, 0.3) is 0 Å². The van der Waals surface area contributed by atoms with E-state index in [2.05, 4.69) is 10.6 Å². The highest BCUT2D eigenvalue weighted by molar-refractivity contribution is 5.94. The first-order valence-electron chi connectivity index (χ1n) is 6.58. The molecule has 126 valence electrons. The minimum absolute atomic E-state index is 0.411. The zero-order chi connectivity index (χ0) is 17.4. The van der Waals surface area contributed by atoms with E-state index in [-0.39, 0.29) is 0 Å². The molecule has 10 nitrogen and oxygen atoms in total. The van der Waals surface area contributed by atoms with E-state index in [1.807, 2.05) is 0 Å². The number of carbonyl (C=O) groups is 4. The van der Waals surface area contributed by atoms with Crippen molar-refractivity contribution in [3.05, 3.63) is 0 Å². The SMILES string of the molecule is CC(C)[C@H](NC(=O)[C@H](CC(N)=O)NC(=O)[C@@H](N)CO)C(=O)O. The smallest absolute Gasteiger partial charge is 0.326 e. The van der Waals surface area contributed by atoms with E-state index in [9.17, 15) is 19.2 Å². The average Bonchev–Trinajstić information content (AvgIpc) is 2.41. The van der Waals surface area contributed by atoms with Crippen molar-refractivity contribution in [1.82, 2.24) is 10.6 Å². The summed E-state index contributed by atoms with van der Waals surface area (Å²) in [5.41, 5.74) is 10.3. The van der Waals surface area contributed by atoms with E-state index >= 15 is 0 Å². The molecule has 0 bridgehead atoms. The number of aliphatic carboxylic acids is 1. The molecule has 0 rings (SSSR count). The summed E-state index contributed by atoms with van der Waals surface area (Å²) in [6, 6.07) is -3.84. The highest BCUT2D eigenvalue weighted by atomic mass is 16.4. The molecule has 0 aromatic carbocycles. The maximum absolute atomic E-state index is 12.0. The van der Waals surface area contributed by atoms with Gasteiger partial charge in [0.05, 0.1) is 13.0 Å². The standard InChI is InChI=1S/C12H22N4O6/c1-5(2)9(12(21)22)16-11(20)7(3-8(14)18)15-10(19)6(13)4-17/h5-7,9,17H,3-4,13H2,1-2H3,(H2,14,18)(H,15,19)(H,16,20)(H,21,22)/t6-,7-,9-/m0/s1. The third-order valence-corrected chi connectivity index (χ3v) is 2.80. The number of rotatable bonds is 9. The van der Waals surface area contributed by atoms with Crippen molar-refractivity contribution < 1.29 is 29.4 Å². The first-order chi connectivity index (χ1) is 10.1. The Kier molecular flexibility index (Phi) is 8.05. The highest BCUT2D eigenvalue weighted by Crippen LogP contribution is 2.03. The molecule has 0 radical (unpaired) electrons. The van der Waals surface area contributed by atoms with Crippen LogP contribution in [0.4, 0.5) is 0 Å². The van der Waals surface area contributed by atoms with Crippen LogP contribution in [0.15, 0.2) is 0 Å². The summed E-state index contributed by atoms with van der Waals surface area (Å²) in [7, 11) is 0. The molecule has 0 aromatic rings. The van der Waals surface area contributed by atoms with Crippen molar-refractivity contribution in [2.45, 2.75) is 38.4 Å². The van der Waals surface area contributed by atoms with E-state index < -0.39 is 60.8 Å². The Hall–Kier alpha value is -2.20. The van der Waals surface area contributed by atoms with E-state index in [1.54, 1.807) is 13.8 Å². The van der Waals surface area contributed by atoms with Crippen LogP contribution in [-0.4, -0.2) is 58.6 Å². The summed E-state index contributed by atoms with van der Waals surface area (Å²) < 4.78 is 0. The Morgan fingerprint density at radius 3 is 2.00 bits per heavy atom. The van der Waals surface area contributed by atoms with Gasteiger partial charge in [0, 0.05) is 0 Å². The maximum Gasteiger partial charge on any atom is 0.326 e. The third kappa shape index (κ3) is 6.50. The number of nitrogens with two attached hydrogens (primary N) is 2. The van der Waals surface area contributed by atoms with Gasteiger partial charge in [-0.1, -0.05) is 13.8 Å². The number of primary amides is 1. The molecule has 0 aliphatic rings. The van der Waals surface area contributed by atoms with Crippen LogP contribution in [0.5, 0.6) is 0 Å². The zero-order valence-corrected chi connectivity index (χ0v) is 12.4. The largest absolute Gasteiger partial charge is 0.480 e. The second-order valence-electron chi connectivity index (χ2n) is 5.09. The maximum atomic E-state index is 12.0. The normalized spacial score (nSPS) is 14.8. The lowest BCUT2D eigenvalue weighted by atomic mass is 10.0. The Morgan fingerprint density at radius 2 is 1.64 bits per heavy atom. The van der Waals surface area contributed by atoms with Gasteiger partial charge in [0.1, 0.15) is 18.1 Å². The van der Waals surface area contributed by atoms with Crippen molar-refractivity contribution in [2.75, 3.05) is 6.61 Å². The van der Waals surface area contributed by atoms with Gasteiger partial charge in [0.15, 0.2) is 0 Å². The Bertz CT molecular complexity index is 439. The molecule has 0 aromatic heterocycles. The molecule has 0 saturated heterocycles. The number of hydrogen-bond donors (Lipinski definition) is 6. The number of carboxylic acid groups (broad SMARTS) is 1. The second-order valence-corrected chi connectivity index (χ2v) is 5.09. The minimum Gasteiger partial charge on any atom is -0.480 e. The fourth-order valence-electron chi connectivity index (χ4n) is 1.54. The van der Waals surface area contributed by atoms with E-state index in [0.29, 0.717) is 0 Å². The fourth-order valence-corrected chi connectivity index (χ4v) is 1.54. The van der Waals surface area contributed by atoms with Crippen molar-refractivity contribution in [1.29, 1.82) is 0 Å². The summed E-state index contributed by atoms with van der Waals surface area (Å²) in [4.78, 5) is 45.7. The first kappa shape index (κ1) is 19.8. The van der Waals surface area contributed by atoms with Gasteiger partial charge in [-0.05, 0) is 5.92 Å². The van der Waals surface area contributed by atoms with Gasteiger partial charge in [0.25, 0.3) is 0 Å². The van der Waals surface area contributed by atoms with Crippen LogP contribution in [0.1, 0.15) is 20.3 Å². The van der Waals surface area contributed by atoms with Crippen LogP contribution in [0.2, 0.25) is 0 Å². The Morgan fingerprint density at radius 1 is 1.09 bits per heavy atom. The van der Waals surface area contributed by atoms with Crippen molar-refractivity contribution in [3.8, 4) is 0 Å². The van der Waals surface area contributed by atoms with Gasteiger partial charge in [-0.3, -0.25) is 14.4 Å². The molecule has 0 spiro atoms. The van der Waals surface area contributed by atoms with E-state index in [0.717, 1.165) is 0 Å². The van der Waals surface area contributed by atoms with Gasteiger partial charge >= 0.3 is 5.97 Å². The molecule has 3 amide bonds. The zero-order valence-electron chi connectivity index (χ0n) is 12.4. The lowest BCUT2D eigenvalue weighted by molar-refractivity contribution is -0.143. The Balaban J connectivity index is 5.01. The monoisotopic (exact) mass is 318 g/mol. The summed E-state index contributed by atoms with van der Waals surface area (Å²) in [6.45, 7) is 2.52. The molecule has 0 aliphatic heterocycles. The van der Waals surface area contributed by atoms with Gasteiger partial charge < -0.3 is 32.3 Å². The van der Waals surface area contributed by atoms with Gasteiger partial charge in [-0.2, -0.15) is 0 Å². The van der Waals surface area contributed by atoms with Gasteiger partial charge in [-0.15, -0.1) is 0 Å². The number of nitrogens with one attached hydrogen (secondary N) is 2. The molecule has 0 saturated carbocycles. The summed E-state index contributed by atoms with van der Waals surface area (Å²) in [5.74, 6) is -4.27. The lowest BCUT2D eigenvalue weighted by Crippen LogP contribution is -2.56. The molecule has 22 heavy (non-hydrogen) atoms. The number of amides is 3. The van der Waals surface area contributed by atoms with Crippen molar-refractivity contribution in [2.24, 2.45) is 17.4 Å². The first-order valence-corrected chi connectivity index (χ1v) is 6.58. The molecule has 0 unspecified atom stereocenters. The quantitative estimate of drug-likeness (QED) is 0.260. The lowest BCUT2D eigenvalue weighted by Gasteiger charge is -2.23. The highest BCUT2D eigenvalue weighted by Gasteiger charge is 2.30.